The Morgan fingerprint density at radius 1 is 0.389 bits per heavy atom. The molecule has 0 aliphatic carbocycles. The Morgan fingerprint density at radius 2 is 0.722 bits per heavy atom. The third-order valence-electron chi connectivity index (χ3n) is 2.03. The van der Waals surface area contributed by atoms with E-state index in [1.54, 1.807) is 0 Å². The summed E-state index contributed by atoms with van der Waals surface area (Å²) >= 11 is 0. The minimum atomic E-state index is 0.722. The highest BCUT2D eigenvalue weighted by Crippen LogP contribution is 1.94. The average Bonchev–Trinajstić information content (AvgIpc) is 2.90. The summed E-state index contributed by atoms with van der Waals surface area (Å²) in [6.45, 7) is 4.72. The van der Waals surface area contributed by atoms with Gasteiger partial charge < -0.3 is 27.9 Å². The largest absolute Gasteiger partial charge is 0.488 e. The topological polar surface area (TPSA) is 55.4 Å². The highest BCUT2D eigenvalue weighted by atomic mass is 16.6. The Labute approximate surface area is 111 Å². The molecule has 0 saturated carbocycles. The van der Waals surface area contributed by atoms with E-state index in [1.807, 2.05) is 0 Å². The van der Waals surface area contributed by atoms with Gasteiger partial charge in [0.25, 0.3) is 0 Å². The van der Waals surface area contributed by atoms with E-state index in [2.05, 4.69) is 9.31 Å². The molecule has 0 unspecified atom stereocenters. The molecule has 0 N–H and O–H groups in total. The third kappa shape index (κ3) is 11.1. The van der Waals surface area contributed by atoms with Gasteiger partial charge in [-0.25, -0.2) is 0 Å². The van der Waals surface area contributed by atoms with E-state index in [9.17, 15) is 0 Å². The van der Waals surface area contributed by atoms with Gasteiger partial charge in [0, 0.05) is 26.4 Å². The molecule has 18 heavy (non-hydrogen) atoms. The SMILES string of the molecule is [B]1OCCCCO1.[B]1OCCCO1.[B]1OCCO1. The molecule has 3 radical (unpaired) electrons. The van der Waals surface area contributed by atoms with Crippen molar-refractivity contribution >= 4 is 23.1 Å². The standard InChI is InChI=1S/C4H8BO2.C3H6BO2.C2H4BO2/c1-2-4-7-5-6-3-1;1-2-5-4-6-3-1;1-2-5-3-4-1/h1-4H2;1-3H2;1-2H2. The second kappa shape index (κ2) is 13.4. The zero-order chi connectivity index (χ0) is 12.7. The molecular formula is C9H18B3O6. The molecule has 0 spiro atoms. The van der Waals surface area contributed by atoms with Crippen LogP contribution in [0.15, 0.2) is 0 Å². The molecule has 9 heteroatoms. The molecule has 0 amide bonds. The van der Waals surface area contributed by atoms with Crippen molar-refractivity contribution in [2.45, 2.75) is 19.3 Å². The fraction of sp³-hybridized carbons (Fsp3) is 1.00. The van der Waals surface area contributed by atoms with E-state index in [-0.39, 0.29) is 0 Å². The van der Waals surface area contributed by atoms with Gasteiger partial charge in [0.1, 0.15) is 0 Å². The summed E-state index contributed by atoms with van der Waals surface area (Å²) in [5, 5.41) is 0. The van der Waals surface area contributed by atoms with Crippen molar-refractivity contribution in [3.8, 4) is 0 Å². The van der Waals surface area contributed by atoms with Crippen LogP contribution in [0.1, 0.15) is 19.3 Å². The lowest BCUT2D eigenvalue weighted by atomic mass is 10.3. The van der Waals surface area contributed by atoms with Crippen molar-refractivity contribution in [3.05, 3.63) is 0 Å². The van der Waals surface area contributed by atoms with Crippen LogP contribution in [0.5, 0.6) is 0 Å². The second-order valence-corrected chi connectivity index (χ2v) is 3.57. The van der Waals surface area contributed by atoms with Crippen LogP contribution in [0.4, 0.5) is 0 Å². The summed E-state index contributed by atoms with van der Waals surface area (Å²) in [5.41, 5.74) is 0. The summed E-state index contributed by atoms with van der Waals surface area (Å²) in [7, 11) is 4.18. The van der Waals surface area contributed by atoms with Crippen LogP contribution in [-0.2, 0) is 27.9 Å². The van der Waals surface area contributed by atoms with E-state index in [0.29, 0.717) is 0 Å². The molecule has 99 valence electrons. The zero-order valence-corrected chi connectivity index (χ0v) is 10.5. The first kappa shape index (κ1) is 16.0. The maximum atomic E-state index is 4.85. The minimum absolute atomic E-state index is 0.722. The first-order valence-corrected chi connectivity index (χ1v) is 6.15. The van der Waals surface area contributed by atoms with Crippen molar-refractivity contribution in [3.63, 3.8) is 0 Å². The Kier molecular flexibility index (Phi) is 11.9. The van der Waals surface area contributed by atoms with Crippen molar-refractivity contribution in [1.82, 2.24) is 0 Å². The minimum Gasteiger partial charge on any atom is -0.413 e. The van der Waals surface area contributed by atoms with Gasteiger partial charge in [0.15, 0.2) is 0 Å². The number of hydrogen-bond donors (Lipinski definition) is 0. The van der Waals surface area contributed by atoms with Gasteiger partial charge in [0.05, 0.1) is 13.2 Å². The zero-order valence-electron chi connectivity index (χ0n) is 10.5. The molecule has 3 saturated heterocycles. The monoisotopic (exact) mass is 255 g/mol. The van der Waals surface area contributed by atoms with Crippen LogP contribution < -0.4 is 0 Å². The summed E-state index contributed by atoms with van der Waals surface area (Å²) in [6, 6.07) is 0. The van der Waals surface area contributed by atoms with Crippen molar-refractivity contribution in [2.24, 2.45) is 0 Å². The van der Waals surface area contributed by atoms with Gasteiger partial charge in [-0.3, -0.25) is 0 Å². The Morgan fingerprint density at radius 3 is 1.00 bits per heavy atom. The average molecular weight is 255 g/mol. The van der Waals surface area contributed by atoms with Gasteiger partial charge >= 0.3 is 23.1 Å². The lowest BCUT2D eigenvalue weighted by Crippen LogP contribution is -2.14. The molecule has 0 aromatic rings. The quantitative estimate of drug-likeness (QED) is 0.562. The van der Waals surface area contributed by atoms with Gasteiger partial charge in [0.2, 0.25) is 0 Å². The molecule has 3 rings (SSSR count). The van der Waals surface area contributed by atoms with E-state index in [0.717, 1.165) is 58.9 Å². The van der Waals surface area contributed by atoms with Gasteiger partial charge in [-0.2, -0.15) is 0 Å². The Bertz CT molecular complexity index is 130. The summed E-state index contributed by atoms with van der Waals surface area (Å²) < 4.78 is 28.3. The summed E-state index contributed by atoms with van der Waals surface area (Å²) in [4.78, 5) is 0. The molecule has 0 aromatic heterocycles. The van der Waals surface area contributed by atoms with E-state index in [4.69, 9.17) is 18.6 Å². The summed E-state index contributed by atoms with van der Waals surface area (Å²) in [6.07, 6.45) is 3.27. The van der Waals surface area contributed by atoms with Crippen LogP contribution in [0.25, 0.3) is 0 Å². The molecule has 0 bridgehead atoms. The molecule has 6 nitrogen and oxygen atoms in total. The first-order valence-electron chi connectivity index (χ1n) is 6.15. The predicted molar refractivity (Wildman–Crippen MR) is 66.8 cm³/mol. The second-order valence-electron chi connectivity index (χ2n) is 3.57. The smallest absolute Gasteiger partial charge is 0.413 e. The highest BCUT2D eigenvalue weighted by molar-refractivity contribution is 6.18. The lowest BCUT2D eigenvalue weighted by molar-refractivity contribution is 0.156. The molecular weight excluding hydrogens is 237 g/mol. The molecule has 3 fully saturated rings. The normalized spacial score (nSPS) is 22.7. The van der Waals surface area contributed by atoms with Crippen LogP contribution in [0.3, 0.4) is 0 Å². The van der Waals surface area contributed by atoms with Crippen molar-refractivity contribution < 1.29 is 27.9 Å². The Balaban J connectivity index is 0.000000137. The molecule has 0 atom stereocenters. The van der Waals surface area contributed by atoms with Crippen molar-refractivity contribution in [2.75, 3.05) is 39.6 Å². The van der Waals surface area contributed by atoms with Crippen LogP contribution in [0, 0.1) is 0 Å². The maximum Gasteiger partial charge on any atom is 0.488 e. The molecule has 3 aliphatic heterocycles. The molecule has 3 aliphatic rings. The lowest BCUT2D eigenvalue weighted by Gasteiger charge is -2.07. The maximum absolute atomic E-state index is 4.85. The summed E-state index contributed by atoms with van der Waals surface area (Å²) in [5.74, 6) is 0. The van der Waals surface area contributed by atoms with Gasteiger partial charge in [-0.15, -0.1) is 0 Å². The van der Waals surface area contributed by atoms with Gasteiger partial charge in [-0.1, -0.05) is 0 Å². The predicted octanol–water partition coefficient (Wildman–Crippen LogP) is -0.127. The van der Waals surface area contributed by atoms with Crippen LogP contribution in [-0.4, -0.2) is 62.7 Å². The molecule has 3 heterocycles. The number of hydrogen-bond acceptors (Lipinski definition) is 6. The fourth-order valence-corrected chi connectivity index (χ4v) is 1.13. The van der Waals surface area contributed by atoms with Crippen LogP contribution >= 0.6 is 0 Å². The first-order chi connectivity index (χ1) is 9.00. The van der Waals surface area contributed by atoms with Crippen molar-refractivity contribution in [1.29, 1.82) is 0 Å². The van der Waals surface area contributed by atoms with Gasteiger partial charge in [-0.05, 0) is 19.3 Å². The molecule has 0 aromatic carbocycles. The fourth-order valence-electron chi connectivity index (χ4n) is 1.13. The van der Waals surface area contributed by atoms with Crippen LogP contribution in [0.2, 0.25) is 0 Å². The highest BCUT2D eigenvalue weighted by Gasteiger charge is 2.00. The third-order valence-corrected chi connectivity index (χ3v) is 2.03. The van der Waals surface area contributed by atoms with E-state index in [1.165, 1.54) is 23.1 Å². The van der Waals surface area contributed by atoms with E-state index >= 15 is 0 Å². The number of rotatable bonds is 0. The van der Waals surface area contributed by atoms with E-state index < -0.39 is 0 Å². The Hall–Kier alpha value is -0.0452.